The molecule has 0 aromatic heterocycles. The number of unbranched alkanes of at least 4 members (excludes halogenated alkanes) is 2. The topological polar surface area (TPSA) is 9.23 Å². The first-order valence-corrected chi connectivity index (χ1v) is 19.6. The summed E-state index contributed by atoms with van der Waals surface area (Å²) in [4.78, 5) is 0. The molecule has 0 spiro atoms. The van der Waals surface area contributed by atoms with Crippen molar-refractivity contribution in [1.82, 2.24) is 0 Å². The Kier molecular flexibility index (Phi) is 12.0. The minimum Gasteiger partial charge on any atom is -0.458 e. The average Bonchev–Trinajstić information content (AvgIpc) is 2.38. The highest BCUT2D eigenvalue weighted by Gasteiger charge is 2.39. The highest BCUT2D eigenvalue weighted by Crippen LogP contribution is 2.43. The van der Waals surface area contributed by atoms with Crippen LogP contribution in [0.4, 0.5) is 0 Å². The quantitative estimate of drug-likeness (QED) is 0.140. The lowest BCUT2D eigenvalue weighted by Gasteiger charge is -2.36. The summed E-state index contributed by atoms with van der Waals surface area (Å²) in [6.45, 7) is 13.7. The van der Waals surface area contributed by atoms with Crippen LogP contribution in [0.5, 0.6) is 0 Å². The fourth-order valence-electron chi connectivity index (χ4n) is 3.10. The second-order valence-electron chi connectivity index (χ2n) is 7.62. The first kappa shape index (κ1) is 23.9. The molecule has 1 nitrogen and oxygen atoms in total. The fourth-order valence-corrected chi connectivity index (χ4v) is 13.0. The van der Waals surface area contributed by atoms with Crippen molar-refractivity contribution in [3.8, 4) is 0 Å². The number of hydrogen-bond donors (Lipinski definition) is 0. The van der Waals surface area contributed by atoms with E-state index in [4.69, 9.17) is 26.3 Å². The largest absolute Gasteiger partial charge is 0.458 e. The van der Waals surface area contributed by atoms with Gasteiger partial charge in [-0.05, 0) is 56.7 Å². The van der Waals surface area contributed by atoms with Gasteiger partial charge in [0.1, 0.15) is 0 Å². The number of rotatable bonds is 12. The Balaban J connectivity index is 5.19. The maximum absolute atomic E-state index is 6.63. The first-order chi connectivity index (χ1) is 10.5. The lowest BCUT2D eigenvalue weighted by atomic mass is 10.1. The third kappa shape index (κ3) is 10.5. The second kappa shape index (κ2) is 11.5. The van der Waals surface area contributed by atoms with Crippen LogP contribution in [-0.2, 0) is 4.12 Å². The minimum absolute atomic E-state index is 0.459. The summed E-state index contributed by atoms with van der Waals surface area (Å²) in [5.41, 5.74) is 0.982. The van der Waals surface area contributed by atoms with Gasteiger partial charge >= 0.3 is 0 Å². The molecule has 0 fully saturated rings. The van der Waals surface area contributed by atoms with Crippen LogP contribution in [0.25, 0.3) is 0 Å². The van der Waals surface area contributed by atoms with Crippen molar-refractivity contribution in [3.05, 3.63) is 12.2 Å². The van der Waals surface area contributed by atoms with Crippen molar-refractivity contribution in [2.75, 3.05) is 0 Å². The molecular weight excluding hydrogens is 375 g/mol. The molecule has 138 valence electrons. The van der Waals surface area contributed by atoms with Crippen molar-refractivity contribution >= 4 is 46.2 Å². The molecule has 0 bridgehead atoms. The molecule has 0 N–H and O–H groups in total. The Morgan fingerprint density at radius 3 is 2.13 bits per heavy atom. The maximum Gasteiger partial charge on any atom is 0.251 e. The SMILES string of the molecule is CCCCC=CC(CC(CCC)[Si](C)(Cl)Cl)[Si](C)(C)O[SiH](C)C. The molecular formula is C17H38Cl2OSi3. The van der Waals surface area contributed by atoms with E-state index in [-0.39, 0.29) is 0 Å². The summed E-state index contributed by atoms with van der Waals surface area (Å²) in [6.07, 6.45) is 11.9. The van der Waals surface area contributed by atoms with Crippen LogP contribution in [0.15, 0.2) is 12.2 Å². The van der Waals surface area contributed by atoms with E-state index >= 15 is 0 Å². The van der Waals surface area contributed by atoms with Gasteiger partial charge in [-0.2, -0.15) is 0 Å². The van der Waals surface area contributed by atoms with Crippen LogP contribution in [-0.4, -0.2) is 24.1 Å². The van der Waals surface area contributed by atoms with E-state index in [1.54, 1.807) is 0 Å². The molecule has 0 aliphatic heterocycles. The van der Waals surface area contributed by atoms with Crippen molar-refractivity contribution in [3.63, 3.8) is 0 Å². The van der Waals surface area contributed by atoms with Crippen molar-refractivity contribution in [2.24, 2.45) is 0 Å². The Morgan fingerprint density at radius 2 is 1.70 bits per heavy atom. The zero-order valence-electron chi connectivity index (χ0n) is 16.3. The summed E-state index contributed by atoms with van der Waals surface area (Å²) in [5, 5.41) is 0. The number of halogens is 2. The van der Waals surface area contributed by atoms with Gasteiger partial charge in [0, 0.05) is 0 Å². The average molecular weight is 414 g/mol. The van der Waals surface area contributed by atoms with Gasteiger partial charge in [0.15, 0.2) is 17.4 Å². The highest BCUT2D eigenvalue weighted by molar-refractivity contribution is 7.45. The number of allylic oxidation sites excluding steroid dienone is 2. The van der Waals surface area contributed by atoms with E-state index in [0.717, 1.165) is 19.3 Å². The maximum atomic E-state index is 6.63. The predicted molar refractivity (Wildman–Crippen MR) is 116 cm³/mol. The zero-order valence-corrected chi connectivity index (χ0v) is 21.0. The van der Waals surface area contributed by atoms with E-state index in [1.165, 1.54) is 19.3 Å². The summed E-state index contributed by atoms with van der Waals surface area (Å²) in [6, 6.07) is 0. The molecule has 23 heavy (non-hydrogen) atoms. The van der Waals surface area contributed by atoms with E-state index in [9.17, 15) is 0 Å². The van der Waals surface area contributed by atoms with Crippen molar-refractivity contribution in [2.45, 2.75) is 96.2 Å². The molecule has 2 unspecified atom stereocenters. The molecule has 0 radical (unpaired) electrons. The zero-order chi connectivity index (χ0) is 18.1. The Labute approximate surface area is 158 Å². The van der Waals surface area contributed by atoms with Gasteiger partial charge in [-0.15, -0.1) is 22.2 Å². The standard InChI is InChI=1S/C17H38Cl2OSi3/c1-8-10-11-12-14-16(22(5,6)20-21(3)4)15-17(13-9-2)23(7,18)19/h12,14,16-17,21H,8-11,13,15H2,1-7H3. The third-order valence-electron chi connectivity index (χ3n) is 4.42. The molecule has 0 saturated carbocycles. The van der Waals surface area contributed by atoms with Gasteiger partial charge in [0.2, 0.25) is 0 Å². The van der Waals surface area contributed by atoms with Gasteiger partial charge in [-0.25, -0.2) is 0 Å². The van der Waals surface area contributed by atoms with E-state index in [0.29, 0.717) is 11.1 Å². The molecule has 0 heterocycles. The highest BCUT2D eigenvalue weighted by atomic mass is 35.7. The normalized spacial score (nSPS) is 16.3. The van der Waals surface area contributed by atoms with Crippen LogP contribution in [0.3, 0.4) is 0 Å². The molecule has 0 aromatic rings. The molecule has 6 heteroatoms. The van der Waals surface area contributed by atoms with Gasteiger partial charge in [0.25, 0.3) is 6.69 Å². The Bertz CT molecular complexity index is 341. The lowest BCUT2D eigenvalue weighted by Crippen LogP contribution is -2.41. The Morgan fingerprint density at radius 1 is 1.09 bits per heavy atom. The molecule has 0 amide bonds. The van der Waals surface area contributed by atoms with Gasteiger partial charge < -0.3 is 4.12 Å². The van der Waals surface area contributed by atoms with Crippen LogP contribution in [0.2, 0.25) is 43.8 Å². The third-order valence-corrected chi connectivity index (χ3v) is 14.8. The number of hydrogen-bond acceptors (Lipinski definition) is 1. The van der Waals surface area contributed by atoms with E-state index in [2.05, 4.69) is 58.7 Å². The van der Waals surface area contributed by atoms with E-state index in [1.807, 2.05) is 0 Å². The molecule has 0 aromatic carbocycles. The summed E-state index contributed by atoms with van der Waals surface area (Å²) in [7, 11) is -2.78. The Hall–Kier alpha value is 0.931. The molecule has 0 aliphatic carbocycles. The smallest absolute Gasteiger partial charge is 0.251 e. The van der Waals surface area contributed by atoms with Gasteiger partial charge in [0.05, 0.1) is 0 Å². The first-order valence-electron chi connectivity index (χ1n) is 9.26. The second-order valence-corrected chi connectivity index (χ2v) is 22.6. The fraction of sp³-hybridized carbons (Fsp3) is 0.882. The lowest BCUT2D eigenvalue weighted by molar-refractivity contribution is 0.536. The molecule has 0 saturated heterocycles. The van der Waals surface area contributed by atoms with Gasteiger partial charge in [-0.3, -0.25) is 0 Å². The molecule has 0 aliphatic rings. The van der Waals surface area contributed by atoms with E-state index < -0.39 is 24.1 Å². The monoisotopic (exact) mass is 412 g/mol. The van der Waals surface area contributed by atoms with Gasteiger partial charge in [-0.1, -0.05) is 51.7 Å². The molecule has 0 rings (SSSR count). The van der Waals surface area contributed by atoms with Crippen LogP contribution in [0, 0.1) is 0 Å². The molecule has 2 atom stereocenters. The summed E-state index contributed by atoms with van der Waals surface area (Å²) < 4.78 is 6.50. The predicted octanol–water partition coefficient (Wildman–Crippen LogP) is 7.42. The van der Waals surface area contributed by atoms with Crippen LogP contribution in [0.1, 0.15) is 52.4 Å². The minimum atomic E-state index is -2.15. The van der Waals surface area contributed by atoms with Crippen molar-refractivity contribution < 1.29 is 4.12 Å². The summed E-state index contributed by atoms with van der Waals surface area (Å²) >= 11 is 13.3. The van der Waals surface area contributed by atoms with Crippen molar-refractivity contribution in [1.29, 1.82) is 0 Å². The summed E-state index contributed by atoms with van der Waals surface area (Å²) in [5.74, 6) is 0. The van der Waals surface area contributed by atoms with Crippen LogP contribution >= 0.6 is 22.2 Å². The van der Waals surface area contributed by atoms with Crippen LogP contribution < -0.4 is 0 Å².